The maximum absolute atomic E-state index is 13.7. The van der Waals surface area contributed by atoms with Crippen LogP contribution in [-0.2, 0) is 11.0 Å². The van der Waals surface area contributed by atoms with Crippen LogP contribution in [0.2, 0.25) is 0 Å². The zero-order valence-electron chi connectivity index (χ0n) is 15.7. The maximum Gasteiger partial charge on any atom is 0.417 e. The van der Waals surface area contributed by atoms with E-state index in [1.165, 1.54) is 18.2 Å². The number of para-hydroxylation sites is 1. The Labute approximate surface area is 169 Å². The molecule has 2 aromatic carbocycles. The molecule has 0 bridgehead atoms. The standard InChI is InChI=1S/C21H17F3N4O2/c22-21(23,24)19-15-3-1-2-4-17(15)26-11-16(19)20(30)27-13-5-7-14(8-6-13)28-10-9-25-18(29)12-28/h1-8,11H,9-10,12H2,(H,25,29)(H,27,30). The van der Waals surface area contributed by atoms with E-state index in [1.807, 2.05) is 4.90 Å². The molecule has 0 unspecified atom stereocenters. The van der Waals surface area contributed by atoms with Crippen LogP contribution in [-0.4, -0.2) is 36.4 Å². The van der Waals surface area contributed by atoms with Crippen LogP contribution >= 0.6 is 0 Å². The van der Waals surface area contributed by atoms with Crippen LogP contribution in [0.15, 0.2) is 54.7 Å². The Balaban J connectivity index is 1.60. The van der Waals surface area contributed by atoms with Crippen molar-refractivity contribution >= 4 is 34.1 Å². The molecule has 0 spiro atoms. The molecule has 0 atom stereocenters. The smallest absolute Gasteiger partial charge is 0.360 e. The number of carbonyl (C=O) groups excluding carboxylic acids is 2. The van der Waals surface area contributed by atoms with Crippen LogP contribution in [0.5, 0.6) is 0 Å². The number of pyridine rings is 1. The van der Waals surface area contributed by atoms with Crippen molar-refractivity contribution in [3.8, 4) is 0 Å². The van der Waals surface area contributed by atoms with E-state index in [0.717, 1.165) is 11.9 Å². The SMILES string of the molecule is O=C1CN(c2ccc(NC(=O)c3cnc4ccccc4c3C(F)(F)F)cc2)CCN1. The largest absolute Gasteiger partial charge is 0.417 e. The average molecular weight is 414 g/mol. The highest BCUT2D eigenvalue weighted by Crippen LogP contribution is 2.37. The monoisotopic (exact) mass is 414 g/mol. The molecule has 9 heteroatoms. The van der Waals surface area contributed by atoms with Crippen LogP contribution in [0.4, 0.5) is 24.5 Å². The number of nitrogens with zero attached hydrogens (tertiary/aromatic N) is 2. The Hall–Kier alpha value is -3.62. The lowest BCUT2D eigenvalue weighted by molar-refractivity contribution is -0.136. The van der Waals surface area contributed by atoms with Crippen molar-refractivity contribution in [1.82, 2.24) is 10.3 Å². The third kappa shape index (κ3) is 3.91. The first kappa shape index (κ1) is 19.7. The average Bonchev–Trinajstić information content (AvgIpc) is 2.72. The lowest BCUT2D eigenvalue weighted by atomic mass is 10.0. The van der Waals surface area contributed by atoms with Crippen molar-refractivity contribution in [2.24, 2.45) is 0 Å². The molecule has 2 amide bonds. The highest BCUT2D eigenvalue weighted by molar-refractivity contribution is 6.08. The van der Waals surface area contributed by atoms with Crippen LogP contribution in [0.3, 0.4) is 0 Å². The van der Waals surface area contributed by atoms with Gasteiger partial charge in [-0.15, -0.1) is 0 Å². The van der Waals surface area contributed by atoms with E-state index in [4.69, 9.17) is 0 Å². The zero-order chi connectivity index (χ0) is 21.3. The van der Waals surface area contributed by atoms with Crippen molar-refractivity contribution in [1.29, 1.82) is 0 Å². The van der Waals surface area contributed by atoms with Crippen LogP contribution in [0.1, 0.15) is 15.9 Å². The van der Waals surface area contributed by atoms with Gasteiger partial charge >= 0.3 is 6.18 Å². The van der Waals surface area contributed by atoms with Crippen molar-refractivity contribution in [2.75, 3.05) is 29.9 Å². The summed E-state index contributed by atoms with van der Waals surface area (Å²) in [4.78, 5) is 30.0. The predicted molar refractivity (Wildman–Crippen MR) is 106 cm³/mol. The number of anilines is 2. The fraction of sp³-hybridized carbons (Fsp3) is 0.190. The van der Waals surface area contributed by atoms with Gasteiger partial charge in [0, 0.05) is 36.0 Å². The number of alkyl halides is 3. The van der Waals surface area contributed by atoms with Crippen molar-refractivity contribution in [2.45, 2.75) is 6.18 Å². The van der Waals surface area contributed by atoms with Gasteiger partial charge in [-0.1, -0.05) is 18.2 Å². The Morgan fingerprint density at radius 3 is 2.53 bits per heavy atom. The van der Waals surface area contributed by atoms with Gasteiger partial charge in [0.15, 0.2) is 0 Å². The van der Waals surface area contributed by atoms with E-state index in [9.17, 15) is 22.8 Å². The van der Waals surface area contributed by atoms with Crippen LogP contribution in [0, 0.1) is 0 Å². The molecule has 3 aromatic rings. The van der Waals surface area contributed by atoms with Gasteiger partial charge in [0.05, 0.1) is 23.2 Å². The number of hydrogen-bond acceptors (Lipinski definition) is 4. The molecular formula is C21H17F3N4O2. The van der Waals surface area contributed by atoms with Crippen molar-refractivity contribution in [3.63, 3.8) is 0 Å². The number of rotatable bonds is 3. The maximum atomic E-state index is 13.7. The normalized spacial score (nSPS) is 14.5. The minimum Gasteiger partial charge on any atom is -0.360 e. The third-order valence-electron chi connectivity index (χ3n) is 4.83. The highest BCUT2D eigenvalue weighted by Gasteiger charge is 2.37. The first-order valence-electron chi connectivity index (χ1n) is 9.21. The molecule has 2 N–H and O–H groups in total. The highest BCUT2D eigenvalue weighted by atomic mass is 19.4. The second-order valence-corrected chi connectivity index (χ2v) is 6.83. The number of fused-ring (bicyclic) bond motifs is 1. The summed E-state index contributed by atoms with van der Waals surface area (Å²) in [5, 5.41) is 5.10. The van der Waals surface area contributed by atoms with E-state index < -0.39 is 23.2 Å². The van der Waals surface area contributed by atoms with Gasteiger partial charge in [-0.2, -0.15) is 13.2 Å². The molecule has 1 aliphatic rings. The molecule has 30 heavy (non-hydrogen) atoms. The first-order chi connectivity index (χ1) is 14.3. The first-order valence-corrected chi connectivity index (χ1v) is 9.21. The van der Waals surface area contributed by atoms with Gasteiger partial charge < -0.3 is 15.5 Å². The molecular weight excluding hydrogens is 397 g/mol. The summed E-state index contributed by atoms with van der Waals surface area (Å²) >= 11 is 0. The van der Waals surface area contributed by atoms with E-state index in [0.29, 0.717) is 18.8 Å². The summed E-state index contributed by atoms with van der Waals surface area (Å²) in [5.74, 6) is -0.979. The summed E-state index contributed by atoms with van der Waals surface area (Å²) in [7, 11) is 0. The van der Waals surface area contributed by atoms with Crippen LogP contribution < -0.4 is 15.5 Å². The van der Waals surface area contributed by atoms with E-state index >= 15 is 0 Å². The summed E-state index contributed by atoms with van der Waals surface area (Å²) < 4.78 is 41.2. The van der Waals surface area contributed by atoms with Gasteiger partial charge in [-0.05, 0) is 30.3 Å². The predicted octanol–water partition coefficient (Wildman–Crippen LogP) is 3.44. The topological polar surface area (TPSA) is 74.3 Å². The van der Waals surface area contributed by atoms with Gasteiger partial charge in [0.2, 0.25) is 5.91 Å². The number of piperazine rings is 1. The van der Waals surface area contributed by atoms with Crippen LogP contribution in [0.25, 0.3) is 10.9 Å². The molecule has 6 nitrogen and oxygen atoms in total. The molecule has 1 saturated heterocycles. The Morgan fingerprint density at radius 2 is 1.83 bits per heavy atom. The summed E-state index contributed by atoms with van der Waals surface area (Å²) in [6.45, 7) is 1.41. The minimum atomic E-state index is -4.71. The zero-order valence-corrected chi connectivity index (χ0v) is 15.7. The molecule has 0 aliphatic carbocycles. The Bertz CT molecular complexity index is 1110. The molecule has 4 rings (SSSR count). The fourth-order valence-electron chi connectivity index (χ4n) is 3.43. The Morgan fingerprint density at radius 1 is 1.10 bits per heavy atom. The summed E-state index contributed by atoms with van der Waals surface area (Å²) in [6.07, 6.45) is -3.77. The number of hydrogen-bond donors (Lipinski definition) is 2. The third-order valence-corrected chi connectivity index (χ3v) is 4.83. The number of benzene rings is 2. The number of amides is 2. The van der Waals surface area contributed by atoms with E-state index in [-0.39, 0.29) is 23.4 Å². The molecule has 154 valence electrons. The lowest BCUT2D eigenvalue weighted by Crippen LogP contribution is -2.47. The van der Waals surface area contributed by atoms with Crippen molar-refractivity contribution in [3.05, 3.63) is 65.9 Å². The minimum absolute atomic E-state index is 0.0814. The fourth-order valence-corrected chi connectivity index (χ4v) is 3.43. The number of aromatic nitrogens is 1. The number of nitrogens with one attached hydrogen (secondary N) is 2. The molecule has 1 aliphatic heterocycles. The molecule has 2 heterocycles. The lowest BCUT2D eigenvalue weighted by Gasteiger charge is -2.28. The molecule has 0 radical (unpaired) electrons. The summed E-state index contributed by atoms with van der Waals surface area (Å²) in [5.41, 5.74) is -0.270. The van der Waals surface area contributed by atoms with Gasteiger partial charge in [-0.25, -0.2) is 0 Å². The second-order valence-electron chi connectivity index (χ2n) is 6.83. The van der Waals surface area contributed by atoms with Crippen molar-refractivity contribution < 1.29 is 22.8 Å². The number of halogens is 3. The second kappa shape index (κ2) is 7.66. The molecule has 1 fully saturated rings. The molecule has 0 saturated carbocycles. The van der Waals surface area contributed by atoms with Gasteiger partial charge in [0.1, 0.15) is 0 Å². The van der Waals surface area contributed by atoms with E-state index in [1.54, 1.807) is 30.3 Å². The quantitative estimate of drug-likeness (QED) is 0.689. The molecule has 1 aromatic heterocycles. The Kier molecular flexibility index (Phi) is 5.03. The number of carbonyl (C=O) groups is 2. The summed E-state index contributed by atoms with van der Waals surface area (Å²) in [6, 6.07) is 12.4. The van der Waals surface area contributed by atoms with E-state index in [2.05, 4.69) is 15.6 Å². The van der Waals surface area contributed by atoms with Gasteiger partial charge in [0.25, 0.3) is 5.91 Å². The van der Waals surface area contributed by atoms with Gasteiger partial charge in [-0.3, -0.25) is 14.6 Å².